The molecule has 0 fully saturated rings. The molecule has 6 aromatic rings. The average Bonchev–Trinajstić information content (AvgIpc) is 3.91. The number of fused-ring (bicyclic) bond motifs is 2. The van der Waals surface area contributed by atoms with Crippen molar-refractivity contribution in [3.05, 3.63) is 82.8 Å². The molecule has 0 saturated carbocycles. The van der Waals surface area contributed by atoms with Crippen LogP contribution < -0.4 is 5.32 Å². The van der Waals surface area contributed by atoms with Crippen LogP contribution in [0.1, 0.15) is 46.6 Å². The molecule has 266 valence electrons. The molecular formula is C33H29F4N13O2. The third-order valence-electron chi connectivity index (χ3n) is 8.76. The lowest BCUT2D eigenvalue weighted by molar-refractivity contribution is -0.141. The number of pyridine rings is 1. The zero-order chi connectivity index (χ0) is 36.9. The van der Waals surface area contributed by atoms with E-state index in [9.17, 15) is 28.0 Å². The largest absolute Gasteiger partial charge is 0.435 e. The van der Waals surface area contributed by atoms with Gasteiger partial charge in [0.05, 0.1) is 58.7 Å². The van der Waals surface area contributed by atoms with Crippen molar-refractivity contribution in [2.45, 2.75) is 51.0 Å². The van der Waals surface area contributed by atoms with Crippen molar-refractivity contribution in [3.8, 4) is 28.7 Å². The molecular weight excluding hydrogens is 686 g/mol. The second kappa shape index (κ2) is 12.7. The predicted molar refractivity (Wildman–Crippen MR) is 174 cm³/mol. The Morgan fingerprint density at radius 1 is 1.15 bits per heavy atom. The van der Waals surface area contributed by atoms with Crippen molar-refractivity contribution < 1.29 is 27.2 Å². The number of halogens is 4. The number of nitrogens with one attached hydrogen (secondary N) is 3. The molecule has 1 atom stereocenters. The first kappa shape index (κ1) is 34.0. The molecule has 5 aromatic heterocycles. The lowest BCUT2D eigenvalue weighted by atomic mass is 9.89. The zero-order valence-corrected chi connectivity index (χ0v) is 27.8. The van der Waals surface area contributed by atoms with E-state index >= 15 is 4.39 Å². The van der Waals surface area contributed by atoms with Gasteiger partial charge in [-0.1, -0.05) is 0 Å². The topological polar surface area (TPSA) is 192 Å². The Balaban J connectivity index is 1.22. The Kier molecular flexibility index (Phi) is 8.31. The molecule has 2 amide bonds. The number of aryl methyl sites for hydroxylation is 1. The molecule has 0 aliphatic carbocycles. The van der Waals surface area contributed by atoms with Gasteiger partial charge in [-0.2, -0.15) is 49.1 Å². The molecule has 0 bridgehead atoms. The molecule has 0 spiro atoms. The minimum atomic E-state index is -4.75. The molecule has 1 aromatic carbocycles. The van der Waals surface area contributed by atoms with Crippen molar-refractivity contribution >= 4 is 22.8 Å². The third-order valence-corrected chi connectivity index (χ3v) is 8.76. The maximum Gasteiger partial charge on any atom is 0.435 e. The van der Waals surface area contributed by atoms with Gasteiger partial charge in [-0.15, -0.1) is 0 Å². The van der Waals surface area contributed by atoms with Crippen molar-refractivity contribution in [3.63, 3.8) is 0 Å². The first-order chi connectivity index (χ1) is 24.7. The van der Waals surface area contributed by atoms with E-state index in [0.717, 1.165) is 16.8 Å². The van der Waals surface area contributed by atoms with Gasteiger partial charge < -0.3 is 10.2 Å². The van der Waals surface area contributed by atoms with E-state index < -0.39 is 41.1 Å². The van der Waals surface area contributed by atoms with Gasteiger partial charge in [0.15, 0.2) is 5.69 Å². The lowest BCUT2D eigenvalue weighted by Gasteiger charge is -2.37. The number of aromatic nitrogens is 10. The smallest absolute Gasteiger partial charge is 0.348 e. The van der Waals surface area contributed by atoms with E-state index in [-0.39, 0.29) is 54.1 Å². The summed E-state index contributed by atoms with van der Waals surface area (Å²) in [6.07, 6.45) is 1.34. The molecule has 3 N–H and O–H groups in total. The maximum atomic E-state index is 15.7. The SMILES string of the molecule is Cn1cc(CC(C(=O)NC(C)(C)Cn2nc(C(F)(F)F)cc2-c2cn[nH]n2)N2CCc3c(-c4nc5cn[nH]c5cc4C#N)ccc(F)c3C2=O)cn1. The summed E-state index contributed by atoms with van der Waals surface area (Å²) in [5.41, 5.74) is 0.329. The second-order valence-corrected chi connectivity index (χ2v) is 13.0. The number of benzene rings is 1. The number of rotatable bonds is 9. The number of carbonyl (C=O) groups excluding carboxylic acids is 2. The summed E-state index contributed by atoms with van der Waals surface area (Å²) in [5.74, 6) is -2.19. The quantitative estimate of drug-likeness (QED) is 0.188. The number of H-pyrrole nitrogens is 2. The lowest BCUT2D eigenvalue weighted by Crippen LogP contribution is -2.58. The fraction of sp³-hybridized carbons (Fsp3) is 0.303. The van der Waals surface area contributed by atoms with Crippen LogP contribution in [0.4, 0.5) is 17.6 Å². The summed E-state index contributed by atoms with van der Waals surface area (Å²) in [6.45, 7) is 2.98. The van der Waals surface area contributed by atoms with Crippen molar-refractivity contribution in [2.75, 3.05) is 6.54 Å². The molecule has 0 radical (unpaired) electrons. The Bertz CT molecular complexity index is 2370. The maximum absolute atomic E-state index is 15.7. The van der Waals surface area contributed by atoms with Crippen LogP contribution in [0.25, 0.3) is 33.7 Å². The first-order valence-electron chi connectivity index (χ1n) is 15.9. The van der Waals surface area contributed by atoms with Crippen LogP contribution in [-0.2, 0) is 37.4 Å². The third kappa shape index (κ3) is 6.34. The number of aromatic amines is 2. The monoisotopic (exact) mass is 715 g/mol. The molecule has 1 aliphatic rings. The molecule has 19 heteroatoms. The predicted octanol–water partition coefficient (Wildman–Crippen LogP) is 3.57. The second-order valence-electron chi connectivity index (χ2n) is 13.0. The van der Waals surface area contributed by atoms with Crippen LogP contribution >= 0.6 is 0 Å². The summed E-state index contributed by atoms with van der Waals surface area (Å²) < 4.78 is 59.3. The van der Waals surface area contributed by atoms with Crippen LogP contribution in [0.15, 0.2) is 49.1 Å². The van der Waals surface area contributed by atoms with Gasteiger partial charge in [-0.05, 0) is 55.7 Å². The summed E-state index contributed by atoms with van der Waals surface area (Å²) in [5, 5.41) is 37.4. The van der Waals surface area contributed by atoms with E-state index in [4.69, 9.17) is 0 Å². The highest BCUT2D eigenvalue weighted by Gasteiger charge is 2.40. The number of hydrogen-bond donors (Lipinski definition) is 3. The van der Waals surface area contributed by atoms with E-state index in [1.807, 2.05) is 0 Å². The molecule has 7 rings (SSSR count). The van der Waals surface area contributed by atoms with E-state index in [2.05, 4.69) is 52.2 Å². The fourth-order valence-corrected chi connectivity index (χ4v) is 6.46. The molecule has 6 heterocycles. The molecule has 1 aliphatic heterocycles. The Hall–Kier alpha value is -6.45. The summed E-state index contributed by atoms with van der Waals surface area (Å²) in [7, 11) is 1.69. The van der Waals surface area contributed by atoms with Crippen LogP contribution in [-0.4, -0.2) is 85.0 Å². The summed E-state index contributed by atoms with van der Waals surface area (Å²) in [4.78, 5) is 34.4. The minimum absolute atomic E-state index is 0.000386. The highest BCUT2D eigenvalue weighted by atomic mass is 19.4. The highest BCUT2D eigenvalue weighted by Crippen LogP contribution is 2.35. The van der Waals surface area contributed by atoms with Gasteiger partial charge in [0.1, 0.15) is 29.1 Å². The van der Waals surface area contributed by atoms with Crippen LogP contribution in [0.3, 0.4) is 0 Å². The minimum Gasteiger partial charge on any atom is -0.348 e. The molecule has 52 heavy (non-hydrogen) atoms. The average molecular weight is 716 g/mol. The van der Waals surface area contributed by atoms with Crippen molar-refractivity contribution in [1.82, 2.24) is 60.4 Å². The zero-order valence-electron chi connectivity index (χ0n) is 27.8. The Morgan fingerprint density at radius 3 is 2.65 bits per heavy atom. The number of hydrogen-bond acceptors (Lipinski definition) is 9. The van der Waals surface area contributed by atoms with Gasteiger partial charge in [-0.25, -0.2) is 9.37 Å². The van der Waals surface area contributed by atoms with Crippen LogP contribution in [0, 0.1) is 17.1 Å². The number of alkyl halides is 3. The van der Waals surface area contributed by atoms with E-state index in [1.165, 1.54) is 28.0 Å². The molecule has 15 nitrogen and oxygen atoms in total. The number of amides is 2. The number of carbonyl (C=O) groups is 2. The molecule has 1 unspecified atom stereocenters. The van der Waals surface area contributed by atoms with Gasteiger partial charge in [0.2, 0.25) is 5.91 Å². The van der Waals surface area contributed by atoms with E-state index in [0.29, 0.717) is 27.7 Å². The fourth-order valence-electron chi connectivity index (χ4n) is 6.46. The standard InChI is InChI=1S/C33H29F4N13O2/c1-32(2,16-50-25(24-14-40-47-45-24)10-27(46-50)33(35,36)37)43-30(51)26(8-17-12-41-48(3)15-17)49-7-6-19-20(4-5-21(34)28(19)31(49)52)29-18(11-38)9-22-23(42-29)13-39-44-22/h4-5,9-10,12-15,26H,6-8,16H2,1-3H3,(H,39,44)(H,43,51)(H,40,45,47). The molecule has 0 saturated heterocycles. The summed E-state index contributed by atoms with van der Waals surface area (Å²) >= 11 is 0. The highest BCUT2D eigenvalue weighted by molar-refractivity contribution is 6.02. The normalized spacial score (nSPS) is 14.0. The first-order valence-corrected chi connectivity index (χ1v) is 15.9. The van der Waals surface area contributed by atoms with Gasteiger partial charge in [-0.3, -0.25) is 24.1 Å². The van der Waals surface area contributed by atoms with Gasteiger partial charge >= 0.3 is 6.18 Å². The Morgan fingerprint density at radius 2 is 1.96 bits per heavy atom. The van der Waals surface area contributed by atoms with E-state index in [1.54, 1.807) is 39.4 Å². The van der Waals surface area contributed by atoms with Gasteiger partial charge in [0, 0.05) is 31.8 Å². The Labute approximate surface area is 291 Å². The van der Waals surface area contributed by atoms with Crippen molar-refractivity contribution in [2.24, 2.45) is 7.05 Å². The van der Waals surface area contributed by atoms with Gasteiger partial charge in [0.25, 0.3) is 5.91 Å². The number of nitriles is 1. The van der Waals surface area contributed by atoms with Crippen molar-refractivity contribution in [1.29, 1.82) is 5.26 Å². The van der Waals surface area contributed by atoms with Crippen LogP contribution in [0.5, 0.6) is 0 Å². The summed E-state index contributed by atoms with van der Waals surface area (Å²) in [6, 6.07) is 5.95. The number of nitrogens with zero attached hydrogens (tertiary/aromatic N) is 10. The van der Waals surface area contributed by atoms with Crippen LogP contribution in [0.2, 0.25) is 0 Å².